The summed E-state index contributed by atoms with van der Waals surface area (Å²) in [5.74, 6) is -11.9. The molecule has 0 aromatic heterocycles. The minimum atomic E-state index is -5.93. The zero-order valence-electron chi connectivity index (χ0n) is 14.4. The van der Waals surface area contributed by atoms with Crippen molar-refractivity contribution in [2.24, 2.45) is 0 Å². The lowest BCUT2D eigenvalue weighted by molar-refractivity contribution is -0.388. The van der Waals surface area contributed by atoms with Crippen LogP contribution in [0.15, 0.2) is 0 Å². The standard InChI is InChI=1S/C14H18F12O/c1-5(15)11(6(2)16,13(23,24)9(19)20)27-12(7(3)17,8(4)18)14(25,26)10(21)22/h5-10H,1-4H3. The predicted molar refractivity (Wildman–Crippen MR) is 70.7 cm³/mol. The Hall–Kier alpha value is -0.880. The maximum Gasteiger partial charge on any atom is 0.341 e. The summed E-state index contributed by atoms with van der Waals surface area (Å²) in [5, 5.41) is 0. The number of hydrogen-bond donors (Lipinski definition) is 0. The Morgan fingerprint density at radius 2 is 0.667 bits per heavy atom. The Labute approximate surface area is 147 Å². The van der Waals surface area contributed by atoms with E-state index in [1.165, 1.54) is 0 Å². The molecular formula is C14H18F12O. The molecule has 0 radical (unpaired) electrons. The highest BCUT2D eigenvalue weighted by atomic mass is 19.3. The van der Waals surface area contributed by atoms with Gasteiger partial charge in [0.05, 0.1) is 0 Å². The van der Waals surface area contributed by atoms with Gasteiger partial charge in [-0.2, -0.15) is 17.6 Å². The van der Waals surface area contributed by atoms with Crippen LogP contribution < -0.4 is 0 Å². The van der Waals surface area contributed by atoms with Crippen molar-refractivity contribution in [2.45, 2.75) is 88.3 Å². The van der Waals surface area contributed by atoms with E-state index >= 15 is 0 Å². The molecule has 1 nitrogen and oxygen atoms in total. The largest absolute Gasteiger partial charge is 0.343 e. The average Bonchev–Trinajstić information content (AvgIpc) is 2.45. The van der Waals surface area contributed by atoms with E-state index in [9.17, 15) is 52.7 Å². The zero-order chi connectivity index (χ0) is 22.2. The molecule has 0 spiro atoms. The summed E-state index contributed by atoms with van der Waals surface area (Å²) in [6.07, 6.45) is -24.2. The monoisotopic (exact) mass is 430 g/mol. The molecule has 164 valence electrons. The summed E-state index contributed by atoms with van der Waals surface area (Å²) in [6.45, 7) is -0.0974. The van der Waals surface area contributed by atoms with E-state index in [-0.39, 0.29) is 27.7 Å². The lowest BCUT2D eigenvalue weighted by atomic mass is 9.80. The molecule has 4 atom stereocenters. The molecule has 0 aromatic rings. The van der Waals surface area contributed by atoms with Crippen molar-refractivity contribution < 1.29 is 57.4 Å². The van der Waals surface area contributed by atoms with Crippen molar-refractivity contribution in [1.82, 2.24) is 0 Å². The summed E-state index contributed by atoms with van der Waals surface area (Å²) in [6, 6.07) is 0. The van der Waals surface area contributed by atoms with Crippen LogP contribution >= 0.6 is 0 Å². The van der Waals surface area contributed by atoms with Crippen molar-refractivity contribution in [2.75, 3.05) is 0 Å². The first-order valence-electron chi connectivity index (χ1n) is 7.45. The summed E-state index contributed by atoms with van der Waals surface area (Å²) in [4.78, 5) is 0. The van der Waals surface area contributed by atoms with Crippen molar-refractivity contribution in [3.05, 3.63) is 0 Å². The second-order valence-corrected chi connectivity index (χ2v) is 6.00. The Morgan fingerprint density at radius 1 is 0.481 bits per heavy atom. The van der Waals surface area contributed by atoms with Gasteiger partial charge in [0.1, 0.15) is 24.7 Å². The fourth-order valence-electron chi connectivity index (χ4n) is 2.78. The molecule has 0 aliphatic carbocycles. The van der Waals surface area contributed by atoms with Gasteiger partial charge < -0.3 is 4.74 Å². The van der Waals surface area contributed by atoms with Gasteiger partial charge in [0.15, 0.2) is 11.2 Å². The van der Waals surface area contributed by atoms with E-state index in [1.54, 1.807) is 0 Å². The summed E-state index contributed by atoms with van der Waals surface area (Å²) >= 11 is 0. The first kappa shape index (κ1) is 26.1. The zero-order valence-corrected chi connectivity index (χ0v) is 14.4. The van der Waals surface area contributed by atoms with Gasteiger partial charge in [0.2, 0.25) is 0 Å². The number of ether oxygens (including phenoxy) is 1. The average molecular weight is 430 g/mol. The molecule has 0 aliphatic heterocycles. The Kier molecular flexibility index (Phi) is 7.97. The van der Waals surface area contributed by atoms with Gasteiger partial charge in [-0.3, -0.25) is 0 Å². The molecule has 0 bridgehead atoms. The molecule has 0 fully saturated rings. The maximum absolute atomic E-state index is 14.0. The molecule has 0 aromatic carbocycles. The minimum absolute atomic E-state index is 0.0244. The second-order valence-electron chi connectivity index (χ2n) is 6.00. The Balaban J connectivity index is 7.02. The molecule has 27 heavy (non-hydrogen) atoms. The van der Waals surface area contributed by atoms with Crippen LogP contribution in [-0.4, -0.2) is 60.6 Å². The number of hydrogen-bond acceptors (Lipinski definition) is 1. The lowest BCUT2D eigenvalue weighted by Crippen LogP contribution is -2.74. The minimum Gasteiger partial charge on any atom is -0.343 e. The highest BCUT2D eigenvalue weighted by Crippen LogP contribution is 2.53. The van der Waals surface area contributed by atoms with Gasteiger partial charge in [0.25, 0.3) is 0 Å². The Morgan fingerprint density at radius 3 is 0.778 bits per heavy atom. The van der Waals surface area contributed by atoms with Crippen LogP contribution in [0.1, 0.15) is 27.7 Å². The molecular weight excluding hydrogens is 412 g/mol. The first-order valence-corrected chi connectivity index (χ1v) is 7.45. The van der Waals surface area contributed by atoms with Gasteiger partial charge in [-0.15, -0.1) is 0 Å². The summed E-state index contributed by atoms with van der Waals surface area (Å²) in [5.41, 5.74) is -9.81. The highest BCUT2D eigenvalue weighted by molar-refractivity contribution is 5.13. The first-order chi connectivity index (χ1) is 11.9. The van der Waals surface area contributed by atoms with Crippen LogP contribution in [0.4, 0.5) is 52.7 Å². The SMILES string of the molecule is CC(F)C(OC(C(C)F)(C(C)F)C(F)(F)C(F)F)(C(C)F)C(F)(F)C(F)F. The van der Waals surface area contributed by atoms with E-state index in [0.717, 1.165) is 0 Å². The fourth-order valence-corrected chi connectivity index (χ4v) is 2.78. The molecule has 0 N–H and O–H groups in total. The predicted octanol–water partition coefficient (Wildman–Crippen LogP) is 5.71. The van der Waals surface area contributed by atoms with Crippen LogP contribution in [0.25, 0.3) is 0 Å². The van der Waals surface area contributed by atoms with Crippen molar-refractivity contribution in [1.29, 1.82) is 0 Å². The van der Waals surface area contributed by atoms with Crippen molar-refractivity contribution in [3.8, 4) is 0 Å². The van der Waals surface area contributed by atoms with E-state index in [0.29, 0.717) is 0 Å². The molecule has 0 rings (SSSR count). The summed E-state index contributed by atoms with van der Waals surface area (Å²) in [7, 11) is 0. The quantitative estimate of drug-likeness (QED) is 0.404. The molecule has 0 amide bonds. The van der Waals surface area contributed by atoms with Crippen LogP contribution in [0.3, 0.4) is 0 Å². The van der Waals surface area contributed by atoms with Gasteiger partial charge in [0, 0.05) is 0 Å². The normalized spacial score (nSPS) is 22.9. The van der Waals surface area contributed by atoms with Crippen LogP contribution in [0.2, 0.25) is 0 Å². The number of alkyl halides is 12. The third-order valence-corrected chi connectivity index (χ3v) is 4.29. The molecule has 4 unspecified atom stereocenters. The van der Waals surface area contributed by atoms with E-state index in [1.807, 2.05) is 0 Å². The molecule has 13 heteroatoms. The fraction of sp³-hybridized carbons (Fsp3) is 1.00. The molecule has 0 saturated carbocycles. The Bertz CT molecular complexity index is 417. The van der Waals surface area contributed by atoms with Gasteiger partial charge >= 0.3 is 24.7 Å². The van der Waals surface area contributed by atoms with Crippen molar-refractivity contribution >= 4 is 0 Å². The van der Waals surface area contributed by atoms with Crippen LogP contribution in [0, 0.1) is 0 Å². The van der Waals surface area contributed by atoms with Gasteiger partial charge in [-0.05, 0) is 27.7 Å². The van der Waals surface area contributed by atoms with E-state index in [2.05, 4.69) is 4.74 Å². The number of halogens is 12. The maximum atomic E-state index is 14.0. The molecule has 0 heterocycles. The van der Waals surface area contributed by atoms with Crippen LogP contribution in [-0.2, 0) is 4.74 Å². The molecule has 0 aliphatic rings. The highest BCUT2D eigenvalue weighted by Gasteiger charge is 2.76. The smallest absolute Gasteiger partial charge is 0.341 e. The number of rotatable bonds is 10. The third kappa shape index (κ3) is 3.84. The van der Waals surface area contributed by atoms with Gasteiger partial charge in [-0.1, -0.05) is 0 Å². The summed E-state index contributed by atoms with van der Waals surface area (Å²) < 4.78 is 166. The van der Waals surface area contributed by atoms with Gasteiger partial charge in [-0.25, -0.2) is 35.1 Å². The lowest BCUT2D eigenvalue weighted by Gasteiger charge is -2.51. The third-order valence-electron chi connectivity index (χ3n) is 4.29. The van der Waals surface area contributed by atoms with Crippen molar-refractivity contribution in [3.63, 3.8) is 0 Å². The molecule has 0 saturated heterocycles. The van der Waals surface area contributed by atoms with E-state index < -0.39 is 60.6 Å². The second kappa shape index (κ2) is 8.24. The van der Waals surface area contributed by atoms with Crippen LogP contribution in [0.5, 0.6) is 0 Å². The van der Waals surface area contributed by atoms with E-state index in [4.69, 9.17) is 0 Å². The topological polar surface area (TPSA) is 9.23 Å².